The van der Waals surface area contributed by atoms with Gasteiger partial charge in [-0.05, 0) is 24.1 Å². The predicted octanol–water partition coefficient (Wildman–Crippen LogP) is 3.17. The van der Waals surface area contributed by atoms with Gasteiger partial charge in [0.25, 0.3) is 11.7 Å². The molecule has 2 aromatic rings. The van der Waals surface area contributed by atoms with Crippen molar-refractivity contribution in [3.05, 3.63) is 59.2 Å². The molecule has 1 saturated heterocycles. The summed E-state index contributed by atoms with van der Waals surface area (Å²) in [5, 5.41) is 11.1. The van der Waals surface area contributed by atoms with Gasteiger partial charge in [0, 0.05) is 25.8 Å². The van der Waals surface area contributed by atoms with E-state index in [4.69, 9.17) is 18.9 Å². The lowest BCUT2D eigenvalue weighted by Crippen LogP contribution is -2.31. The highest BCUT2D eigenvalue weighted by Crippen LogP contribution is 2.45. The number of likely N-dealkylation sites (tertiary alicyclic amines) is 1. The number of carbonyl (C=O) groups is 2. The molecule has 2 aromatic carbocycles. The van der Waals surface area contributed by atoms with Gasteiger partial charge in [-0.15, -0.1) is 0 Å². The molecule has 0 aliphatic carbocycles. The molecule has 1 atom stereocenters. The van der Waals surface area contributed by atoms with Gasteiger partial charge in [0.1, 0.15) is 5.76 Å². The average molecular weight is 441 g/mol. The molecule has 1 aliphatic rings. The van der Waals surface area contributed by atoms with E-state index in [9.17, 15) is 14.7 Å². The summed E-state index contributed by atoms with van der Waals surface area (Å²) in [7, 11) is 6.04. The van der Waals surface area contributed by atoms with E-state index in [0.717, 1.165) is 0 Å². The number of nitrogens with zero attached hydrogens (tertiary/aromatic N) is 1. The number of aliphatic hydroxyl groups excluding tert-OH is 1. The number of amides is 1. The smallest absolute Gasteiger partial charge is 0.295 e. The number of aliphatic hydroxyl groups is 1. The molecule has 0 bridgehead atoms. The van der Waals surface area contributed by atoms with Crippen molar-refractivity contribution in [1.82, 2.24) is 4.90 Å². The zero-order chi connectivity index (χ0) is 23.3. The van der Waals surface area contributed by atoms with Crippen LogP contribution in [0.15, 0.2) is 48.0 Å². The fraction of sp³-hybridized carbons (Fsp3) is 0.333. The minimum absolute atomic E-state index is 0.00731. The Hall–Kier alpha value is -3.52. The van der Waals surface area contributed by atoms with E-state index in [2.05, 4.69) is 0 Å². The summed E-state index contributed by atoms with van der Waals surface area (Å²) in [6, 6.07) is 11.2. The Balaban J connectivity index is 2.22. The Morgan fingerprint density at radius 2 is 1.59 bits per heavy atom. The Bertz CT molecular complexity index is 991. The lowest BCUT2D eigenvalue weighted by atomic mass is 9.94. The first-order valence-electron chi connectivity index (χ1n) is 10.1. The third-order valence-corrected chi connectivity index (χ3v) is 5.34. The molecular formula is C24H27NO7. The molecule has 170 valence electrons. The largest absolute Gasteiger partial charge is 0.507 e. The van der Waals surface area contributed by atoms with Crippen LogP contribution in [0, 0.1) is 0 Å². The van der Waals surface area contributed by atoms with Crippen LogP contribution in [0.2, 0.25) is 0 Å². The second-order valence-electron chi connectivity index (χ2n) is 7.16. The lowest BCUT2D eigenvalue weighted by Gasteiger charge is -2.26. The van der Waals surface area contributed by atoms with E-state index in [0.29, 0.717) is 41.4 Å². The highest BCUT2D eigenvalue weighted by atomic mass is 16.5. The summed E-state index contributed by atoms with van der Waals surface area (Å²) in [5.74, 6) is -0.525. The second-order valence-corrected chi connectivity index (χ2v) is 7.16. The van der Waals surface area contributed by atoms with Crippen molar-refractivity contribution in [3.63, 3.8) is 0 Å². The summed E-state index contributed by atoms with van der Waals surface area (Å²) in [6.07, 6.45) is 0.524. The highest BCUT2D eigenvalue weighted by Gasteiger charge is 2.46. The molecule has 1 fully saturated rings. The monoisotopic (exact) mass is 441 g/mol. The molecule has 8 nitrogen and oxygen atoms in total. The summed E-state index contributed by atoms with van der Waals surface area (Å²) in [4.78, 5) is 27.5. The zero-order valence-corrected chi connectivity index (χ0v) is 18.6. The number of Topliss-reactive ketones (excluding diaryl/α,β-unsaturated/α-hetero) is 1. The maximum absolute atomic E-state index is 13.1. The van der Waals surface area contributed by atoms with Gasteiger partial charge in [-0.25, -0.2) is 0 Å². The van der Waals surface area contributed by atoms with Crippen molar-refractivity contribution in [2.75, 3.05) is 41.6 Å². The molecule has 0 spiro atoms. The lowest BCUT2D eigenvalue weighted by molar-refractivity contribution is -0.140. The molecule has 1 heterocycles. The summed E-state index contributed by atoms with van der Waals surface area (Å²) >= 11 is 0. The van der Waals surface area contributed by atoms with E-state index < -0.39 is 17.7 Å². The van der Waals surface area contributed by atoms with Gasteiger partial charge in [-0.1, -0.05) is 30.3 Å². The van der Waals surface area contributed by atoms with Crippen molar-refractivity contribution in [1.29, 1.82) is 0 Å². The molecule has 0 radical (unpaired) electrons. The zero-order valence-electron chi connectivity index (χ0n) is 18.6. The summed E-state index contributed by atoms with van der Waals surface area (Å²) < 4.78 is 21.4. The number of rotatable bonds is 9. The minimum Gasteiger partial charge on any atom is -0.507 e. The first kappa shape index (κ1) is 23.1. The van der Waals surface area contributed by atoms with Crippen molar-refractivity contribution in [2.45, 2.75) is 12.5 Å². The van der Waals surface area contributed by atoms with Crippen LogP contribution in [0.4, 0.5) is 0 Å². The Labute approximate surface area is 187 Å². The van der Waals surface area contributed by atoms with Crippen molar-refractivity contribution in [2.24, 2.45) is 0 Å². The van der Waals surface area contributed by atoms with Gasteiger partial charge in [-0.3, -0.25) is 9.59 Å². The Morgan fingerprint density at radius 1 is 0.969 bits per heavy atom. The SMILES string of the molecule is COCCCN1C(=O)C(=O)C(=C(O)c2ccccc2)[C@@H]1c1cc(OC)c(OC)c(OC)c1. The Morgan fingerprint density at radius 3 is 2.12 bits per heavy atom. The summed E-state index contributed by atoms with van der Waals surface area (Å²) in [5.41, 5.74) is 1.00. The Kier molecular flexibility index (Phi) is 7.37. The average Bonchev–Trinajstić information content (AvgIpc) is 3.08. The number of hydrogen-bond donors (Lipinski definition) is 1. The molecule has 1 amide bonds. The van der Waals surface area contributed by atoms with Crippen LogP contribution >= 0.6 is 0 Å². The van der Waals surface area contributed by atoms with Crippen LogP contribution in [-0.2, 0) is 14.3 Å². The third kappa shape index (κ3) is 4.27. The molecule has 0 unspecified atom stereocenters. The predicted molar refractivity (Wildman–Crippen MR) is 118 cm³/mol. The van der Waals surface area contributed by atoms with Crippen molar-refractivity contribution >= 4 is 17.4 Å². The molecule has 1 aliphatic heterocycles. The first-order chi connectivity index (χ1) is 15.5. The molecule has 1 N–H and O–H groups in total. The van der Waals surface area contributed by atoms with Gasteiger partial charge in [0.05, 0.1) is 32.9 Å². The van der Waals surface area contributed by atoms with E-state index >= 15 is 0 Å². The molecule has 8 heteroatoms. The van der Waals surface area contributed by atoms with E-state index in [-0.39, 0.29) is 17.9 Å². The van der Waals surface area contributed by atoms with Gasteiger partial charge >= 0.3 is 0 Å². The second kappa shape index (κ2) is 10.2. The van der Waals surface area contributed by atoms with Crippen LogP contribution in [0.1, 0.15) is 23.6 Å². The fourth-order valence-electron chi connectivity index (χ4n) is 3.85. The van der Waals surface area contributed by atoms with Crippen LogP contribution in [0.25, 0.3) is 5.76 Å². The number of benzene rings is 2. The highest BCUT2D eigenvalue weighted by molar-refractivity contribution is 6.46. The van der Waals surface area contributed by atoms with E-state index in [1.54, 1.807) is 49.6 Å². The minimum atomic E-state index is -0.833. The summed E-state index contributed by atoms with van der Waals surface area (Å²) in [6.45, 7) is 0.689. The molecule has 32 heavy (non-hydrogen) atoms. The normalized spacial score (nSPS) is 17.5. The number of ether oxygens (including phenoxy) is 4. The van der Waals surface area contributed by atoms with Crippen molar-refractivity contribution < 1.29 is 33.6 Å². The van der Waals surface area contributed by atoms with Crippen LogP contribution in [-0.4, -0.2) is 63.3 Å². The van der Waals surface area contributed by atoms with Crippen LogP contribution in [0.5, 0.6) is 17.2 Å². The van der Waals surface area contributed by atoms with Gasteiger partial charge in [0.15, 0.2) is 11.5 Å². The number of methoxy groups -OCH3 is 4. The van der Waals surface area contributed by atoms with E-state index in [1.807, 2.05) is 0 Å². The van der Waals surface area contributed by atoms with Crippen molar-refractivity contribution in [3.8, 4) is 17.2 Å². The molecule has 0 saturated carbocycles. The van der Waals surface area contributed by atoms with Gasteiger partial charge in [-0.2, -0.15) is 0 Å². The number of hydrogen-bond acceptors (Lipinski definition) is 7. The quantitative estimate of drug-likeness (QED) is 0.276. The standard InChI is InChI=1S/C24H27NO7/c1-29-12-8-11-25-20(16-13-17(30-2)23(32-4)18(14-16)31-3)19(22(27)24(25)28)21(26)15-9-6-5-7-10-15/h5-7,9-10,13-14,20,26H,8,11-12H2,1-4H3/t20-/m0/s1. The first-order valence-corrected chi connectivity index (χ1v) is 10.1. The maximum atomic E-state index is 13.1. The number of carbonyl (C=O) groups excluding carboxylic acids is 2. The van der Waals surface area contributed by atoms with Crippen LogP contribution in [0.3, 0.4) is 0 Å². The maximum Gasteiger partial charge on any atom is 0.295 e. The molecule has 0 aromatic heterocycles. The van der Waals surface area contributed by atoms with Gasteiger partial charge in [0.2, 0.25) is 5.75 Å². The number of ketones is 1. The topological polar surface area (TPSA) is 94.5 Å². The fourth-order valence-corrected chi connectivity index (χ4v) is 3.85. The molecular weight excluding hydrogens is 414 g/mol. The van der Waals surface area contributed by atoms with Crippen LogP contribution < -0.4 is 14.2 Å². The van der Waals surface area contributed by atoms with E-state index in [1.165, 1.54) is 26.2 Å². The van der Waals surface area contributed by atoms with Gasteiger partial charge < -0.3 is 29.0 Å². The molecule has 3 rings (SSSR count). The third-order valence-electron chi connectivity index (χ3n) is 5.34.